The zero-order valence-electron chi connectivity index (χ0n) is 9.90. The lowest BCUT2D eigenvalue weighted by atomic mass is 10.4. The van der Waals surface area contributed by atoms with Crippen LogP contribution in [0.4, 0.5) is 4.39 Å². The van der Waals surface area contributed by atoms with Gasteiger partial charge < -0.3 is 5.32 Å². The van der Waals surface area contributed by atoms with Crippen molar-refractivity contribution in [1.29, 1.82) is 0 Å². The van der Waals surface area contributed by atoms with E-state index < -0.39 is 15.8 Å². The zero-order valence-corrected chi connectivity index (χ0v) is 10.7. The maximum atomic E-state index is 12.9. The summed E-state index contributed by atoms with van der Waals surface area (Å²) in [5.41, 5.74) is 0. The fourth-order valence-electron chi connectivity index (χ4n) is 1.26. The van der Waals surface area contributed by atoms with Gasteiger partial charge in [0, 0.05) is 19.1 Å². The van der Waals surface area contributed by atoms with E-state index in [0.717, 1.165) is 6.07 Å². The van der Waals surface area contributed by atoms with Gasteiger partial charge in [-0.25, -0.2) is 17.5 Å². The number of sulfonamides is 1. The molecule has 0 aliphatic carbocycles. The van der Waals surface area contributed by atoms with E-state index in [1.165, 1.54) is 18.2 Å². The van der Waals surface area contributed by atoms with Crippen LogP contribution in [0.3, 0.4) is 0 Å². The first-order valence-electron chi connectivity index (χ1n) is 5.40. The molecule has 4 nitrogen and oxygen atoms in total. The molecule has 0 aliphatic rings. The zero-order chi connectivity index (χ0) is 12.9. The quantitative estimate of drug-likeness (QED) is 0.753. The first-order valence-corrected chi connectivity index (χ1v) is 6.89. The molecular formula is C11H17FN2O2S. The molecule has 17 heavy (non-hydrogen) atoms. The van der Waals surface area contributed by atoms with Gasteiger partial charge in [-0.2, -0.15) is 0 Å². The molecule has 0 aromatic heterocycles. The van der Waals surface area contributed by atoms with Crippen LogP contribution in [0.1, 0.15) is 13.8 Å². The minimum Gasteiger partial charge on any atom is -0.313 e. The second-order valence-corrected chi connectivity index (χ2v) is 5.73. The van der Waals surface area contributed by atoms with Crippen LogP contribution >= 0.6 is 0 Å². The molecule has 0 spiro atoms. The van der Waals surface area contributed by atoms with Gasteiger partial charge in [-0.15, -0.1) is 0 Å². The Morgan fingerprint density at radius 2 is 2.00 bits per heavy atom. The average molecular weight is 260 g/mol. The van der Waals surface area contributed by atoms with Gasteiger partial charge in [0.05, 0.1) is 4.90 Å². The molecule has 0 fully saturated rings. The Bertz CT molecular complexity index is 460. The molecule has 0 atom stereocenters. The second-order valence-electron chi connectivity index (χ2n) is 3.96. The summed E-state index contributed by atoms with van der Waals surface area (Å²) in [6.07, 6.45) is 0. The van der Waals surface area contributed by atoms with Crippen molar-refractivity contribution in [3.05, 3.63) is 30.1 Å². The predicted molar refractivity (Wildman–Crippen MR) is 64.7 cm³/mol. The maximum Gasteiger partial charge on any atom is 0.240 e. The van der Waals surface area contributed by atoms with Crippen LogP contribution in [0.2, 0.25) is 0 Å². The highest BCUT2D eigenvalue weighted by molar-refractivity contribution is 7.89. The lowest BCUT2D eigenvalue weighted by molar-refractivity contribution is 0.558. The molecular weight excluding hydrogens is 243 g/mol. The number of hydrogen-bond donors (Lipinski definition) is 2. The van der Waals surface area contributed by atoms with Gasteiger partial charge >= 0.3 is 0 Å². The normalized spacial score (nSPS) is 12.0. The molecule has 0 heterocycles. The number of hydrogen-bond acceptors (Lipinski definition) is 3. The van der Waals surface area contributed by atoms with Gasteiger partial charge in [-0.1, -0.05) is 19.9 Å². The molecule has 0 unspecified atom stereocenters. The third-order valence-corrected chi connectivity index (χ3v) is 3.53. The molecule has 1 rings (SSSR count). The fraction of sp³-hybridized carbons (Fsp3) is 0.455. The van der Waals surface area contributed by atoms with E-state index in [2.05, 4.69) is 10.0 Å². The summed E-state index contributed by atoms with van der Waals surface area (Å²) < 4.78 is 38.7. The molecule has 2 N–H and O–H groups in total. The van der Waals surface area contributed by atoms with Crippen molar-refractivity contribution in [1.82, 2.24) is 10.0 Å². The van der Waals surface area contributed by atoms with Gasteiger partial charge in [0.2, 0.25) is 10.0 Å². The SMILES string of the molecule is CC(C)NCCNS(=O)(=O)c1cccc(F)c1. The Labute approximate surface area is 101 Å². The Kier molecular flexibility index (Phi) is 5.04. The van der Waals surface area contributed by atoms with Gasteiger partial charge in [0.1, 0.15) is 5.82 Å². The predicted octanol–water partition coefficient (Wildman–Crippen LogP) is 1.10. The highest BCUT2D eigenvalue weighted by Gasteiger charge is 2.13. The highest BCUT2D eigenvalue weighted by Crippen LogP contribution is 2.09. The van der Waals surface area contributed by atoms with Crippen LogP contribution in [0.15, 0.2) is 29.2 Å². The van der Waals surface area contributed by atoms with Crippen molar-refractivity contribution >= 4 is 10.0 Å². The minimum absolute atomic E-state index is 0.0537. The highest BCUT2D eigenvalue weighted by atomic mass is 32.2. The molecule has 0 aliphatic heterocycles. The Hall–Kier alpha value is -0.980. The number of benzene rings is 1. The second kappa shape index (κ2) is 6.09. The van der Waals surface area contributed by atoms with E-state index in [0.29, 0.717) is 12.6 Å². The van der Waals surface area contributed by atoms with E-state index in [-0.39, 0.29) is 11.4 Å². The molecule has 0 bridgehead atoms. The summed E-state index contributed by atoms with van der Waals surface area (Å²) >= 11 is 0. The van der Waals surface area contributed by atoms with Gasteiger partial charge in [-0.3, -0.25) is 0 Å². The number of rotatable bonds is 6. The van der Waals surface area contributed by atoms with Crippen LogP contribution in [0, 0.1) is 5.82 Å². The van der Waals surface area contributed by atoms with Gasteiger partial charge in [-0.05, 0) is 18.2 Å². The molecule has 0 amide bonds. The molecule has 1 aromatic carbocycles. The largest absolute Gasteiger partial charge is 0.313 e. The Morgan fingerprint density at radius 1 is 1.29 bits per heavy atom. The third-order valence-electron chi connectivity index (χ3n) is 2.08. The first-order chi connectivity index (χ1) is 7.92. The first kappa shape index (κ1) is 14.1. The summed E-state index contributed by atoms with van der Waals surface area (Å²) in [6, 6.07) is 5.24. The van der Waals surface area contributed by atoms with E-state index in [1.807, 2.05) is 13.8 Å². The van der Waals surface area contributed by atoms with Crippen molar-refractivity contribution in [3.63, 3.8) is 0 Å². The van der Waals surface area contributed by atoms with Crippen LogP contribution in [-0.2, 0) is 10.0 Å². The lowest BCUT2D eigenvalue weighted by Gasteiger charge is -2.09. The lowest BCUT2D eigenvalue weighted by Crippen LogP contribution is -2.34. The van der Waals surface area contributed by atoms with Crippen molar-refractivity contribution in [3.8, 4) is 0 Å². The number of nitrogens with one attached hydrogen (secondary N) is 2. The van der Waals surface area contributed by atoms with Crippen LogP contribution in [0.25, 0.3) is 0 Å². The summed E-state index contributed by atoms with van der Waals surface area (Å²) in [7, 11) is -3.61. The third kappa shape index (κ3) is 4.80. The maximum absolute atomic E-state index is 12.9. The van der Waals surface area contributed by atoms with Crippen molar-refractivity contribution in [2.75, 3.05) is 13.1 Å². The molecule has 0 radical (unpaired) electrons. The van der Waals surface area contributed by atoms with E-state index in [4.69, 9.17) is 0 Å². The van der Waals surface area contributed by atoms with Crippen LogP contribution < -0.4 is 10.0 Å². The fourth-order valence-corrected chi connectivity index (χ4v) is 2.33. The molecule has 0 saturated heterocycles. The topological polar surface area (TPSA) is 58.2 Å². The summed E-state index contributed by atoms with van der Waals surface area (Å²) in [5, 5.41) is 3.08. The summed E-state index contributed by atoms with van der Waals surface area (Å²) in [4.78, 5) is -0.0537. The minimum atomic E-state index is -3.61. The average Bonchev–Trinajstić information content (AvgIpc) is 2.24. The van der Waals surface area contributed by atoms with Crippen molar-refractivity contribution in [2.24, 2.45) is 0 Å². The van der Waals surface area contributed by atoms with Crippen LogP contribution in [0.5, 0.6) is 0 Å². The smallest absolute Gasteiger partial charge is 0.240 e. The molecule has 1 aromatic rings. The Balaban J connectivity index is 2.57. The van der Waals surface area contributed by atoms with E-state index >= 15 is 0 Å². The van der Waals surface area contributed by atoms with Crippen molar-refractivity contribution in [2.45, 2.75) is 24.8 Å². The van der Waals surface area contributed by atoms with Crippen molar-refractivity contribution < 1.29 is 12.8 Å². The van der Waals surface area contributed by atoms with E-state index in [9.17, 15) is 12.8 Å². The van der Waals surface area contributed by atoms with Gasteiger partial charge in [0.25, 0.3) is 0 Å². The summed E-state index contributed by atoms with van der Waals surface area (Å²) in [5.74, 6) is -0.562. The standard InChI is InChI=1S/C11H17FN2O2S/c1-9(2)13-6-7-14-17(15,16)11-5-3-4-10(12)8-11/h3-5,8-9,13-14H,6-7H2,1-2H3. The summed E-state index contributed by atoms with van der Waals surface area (Å²) in [6.45, 7) is 4.76. The molecule has 0 saturated carbocycles. The number of halogens is 1. The molecule has 96 valence electrons. The van der Waals surface area contributed by atoms with E-state index in [1.54, 1.807) is 0 Å². The molecule has 6 heteroatoms. The monoisotopic (exact) mass is 260 g/mol. The van der Waals surface area contributed by atoms with Crippen LogP contribution in [-0.4, -0.2) is 27.5 Å². The van der Waals surface area contributed by atoms with Gasteiger partial charge in [0.15, 0.2) is 0 Å². The Morgan fingerprint density at radius 3 is 2.59 bits per heavy atom.